The van der Waals surface area contributed by atoms with Gasteiger partial charge in [0.2, 0.25) is 0 Å². The van der Waals surface area contributed by atoms with E-state index in [2.05, 4.69) is 25.1 Å². The van der Waals surface area contributed by atoms with Gasteiger partial charge >= 0.3 is 0 Å². The third-order valence-electron chi connectivity index (χ3n) is 8.95. The quantitative estimate of drug-likeness (QED) is 0.182. The molecule has 0 saturated carbocycles. The van der Waals surface area contributed by atoms with E-state index in [0.29, 0.717) is 59.3 Å². The highest BCUT2D eigenvalue weighted by atomic mass is 19.3. The molecule has 0 amide bonds. The number of H-pyrrole nitrogens is 2. The number of benzene rings is 2. The Kier molecular flexibility index (Phi) is 7.61. The number of ether oxygens (including phenoxy) is 1. The maximum atomic E-state index is 14.8. The van der Waals surface area contributed by atoms with Gasteiger partial charge in [-0.2, -0.15) is 5.10 Å². The van der Waals surface area contributed by atoms with Crippen LogP contribution in [0, 0.1) is 5.82 Å². The van der Waals surface area contributed by atoms with Crippen LogP contribution < -0.4 is 4.74 Å². The van der Waals surface area contributed by atoms with Crippen molar-refractivity contribution in [3.63, 3.8) is 0 Å². The van der Waals surface area contributed by atoms with Gasteiger partial charge in [0, 0.05) is 55.6 Å². The maximum absolute atomic E-state index is 14.8. The number of aromatic nitrogens is 6. The van der Waals surface area contributed by atoms with Crippen molar-refractivity contribution in [3.8, 4) is 39.7 Å². The molecule has 4 aromatic heterocycles. The van der Waals surface area contributed by atoms with Gasteiger partial charge < -0.3 is 9.72 Å². The van der Waals surface area contributed by atoms with Crippen LogP contribution in [0.25, 0.3) is 56.0 Å². The summed E-state index contributed by atoms with van der Waals surface area (Å²) in [4.78, 5) is 21.7. The number of fused-ring (bicyclic) bond motifs is 2. The fourth-order valence-electron chi connectivity index (χ4n) is 6.62. The monoisotopic (exact) mass is 638 g/mol. The number of hydrogen-bond donors (Lipinski definition) is 2. The molecule has 12 heteroatoms. The number of rotatable bonds is 9. The fourth-order valence-corrected chi connectivity index (χ4v) is 6.62. The molecule has 2 aliphatic heterocycles. The van der Waals surface area contributed by atoms with Crippen molar-refractivity contribution in [2.75, 3.05) is 39.3 Å². The van der Waals surface area contributed by atoms with E-state index in [0.717, 1.165) is 47.4 Å². The van der Waals surface area contributed by atoms with Crippen LogP contribution in [0.5, 0.6) is 5.75 Å². The second-order valence-electron chi connectivity index (χ2n) is 12.4. The number of halogens is 3. The van der Waals surface area contributed by atoms with Gasteiger partial charge in [-0.25, -0.2) is 23.1 Å². The van der Waals surface area contributed by atoms with Crippen LogP contribution in [0.2, 0.25) is 0 Å². The van der Waals surface area contributed by atoms with Gasteiger partial charge in [-0.15, -0.1) is 0 Å². The first-order valence-corrected chi connectivity index (χ1v) is 15.9. The molecule has 47 heavy (non-hydrogen) atoms. The Morgan fingerprint density at radius 1 is 0.872 bits per heavy atom. The van der Waals surface area contributed by atoms with Gasteiger partial charge in [0.15, 0.2) is 11.5 Å². The summed E-state index contributed by atoms with van der Waals surface area (Å²) < 4.78 is 48.2. The third-order valence-corrected chi connectivity index (χ3v) is 8.95. The number of nitrogens with zero attached hydrogens (tertiary/aromatic N) is 6. The summed E-state index contributed by atoms with van der Waals surface area (Å²) in [6.07, 6.45) is 5.72. The molecule has 2 aromatic carbocycles. The van der Waals surface area contributed by atoms with Crippen molar-refractivity contribution in [2.45, 2.75) is 31.7 Å². The van der Waals surface area contributed by atoms with Crippen molar-refractivity contribution in [3.05, 3.63) is 78.4 Å². The molecule has 0 radical (unpaired) electrons. The first-order chi connectivity index (χ1) is 22.9. The molecular weight excluding hydrogens is 605 g/mol. The van der Waals surface area contributed by atoms with Gasteiger partial charge in [0.1, 0.15) is 23.7 Å². The molecule has 0 unspecified atom stereocenters. The molecule has 2 N–H and O–H groups in total. The number of para-hydroxylation sites is 1. The van der Waals surface area contributed by atoms with Gasteiger partial charge in [0.05, 0.1) is 28.8 Å². The number of likely N-dealkylation sites (tertiary alicyclic amines) is 2. The first-order valence-electron chi connectivity index (χ1n) is 15.9. The van der Waals surface area contributed by atoms with Gasteiger partial charge in [-0.3, -0.25) is 19.9 Å². The van der Waals surface area contributed by atoms with Crippen molar-refractivity contribution in [1.82, 2.24) is 39.9 Å². The van der Waals surface area contributed by atoms with Crippen LogP contribution in [0.3, 0.4) is 0 Å². The Hall–Kier alpha value is -4.81. The highest BCUT2D eigenvalue weighted by molar-refractivity contribution is 5.96. The number of alkyl halides is 2. The maximum Gasteiger partial charge on any atom is 0.261 e. The molecule has 0 spiro atoms. The van der Waals surface area contributed by atoms with Gasteiger partial charge in [-0.1, -0.05) is 12.1 Å². The Morgan fingerprint density at radius 2 is 1.77 bits per heavy atom. The lowest BCUT2D eigenvalue weighted by molar-refractivity contribution is 0.0115. The molecule has 2 saturated heterocycles. The Labute approximate surface area is 268 Å². The van der Waals surface area contributed by atoms with Gasteiger partial charge in [0.25, 0.3) is 5.92 Å². The molecule has 2 fully saturated rings. The predicted molar refractivity (Wildman–Crippen MR) is 174 cm³/mol. The summed E-state index contributed by atoms with van der Waals surface area (Å²) >= 11 is 0. The van der Waals surface area contributed by atoms with Crippen LogP contribution in [-0.4, -0.2) is 85.2 Å². The standard InChI is InChI=1S/C35H33F3N8O/c36-25-15-23(16-26(17-25)47-13-12-45-9-1-2-10-45)27-4-3-5-29-31(27)42-34(41-29)33-32-30(43-44-33)7-6-28(40-32)24-14-22(18-39-19-24)20-46-11-8-35(37,38)21-46/h3-7,14-19H,1-2,8-13,20-21H2,(H,41,42)(H,43,44). The van der Waals surface area contributed by atoms with Crippen LogP contribution in [0.1, 0.15) is 24.8 Å². The van der Waals surface area contributed by atoms with E-state index in [1.54, 1.807) is 17.3 Å². The first kappa shape index (κ1) is 29.6. The lowest BCUT2D eigenvalue weighted by atomic mass is 10.0. The van der Waals surface area contributed by atoms with Crippen LogP contribution >= 0.6 is 0 Å². The molecule has 0 aliphatic carbocycles. The number of nitrogens with one attached hydrogen (secondary N) is 2. The minimum Gasteiger partial charge on any atom is -0.492 e. The van der Waals surface area contributed by atoms with E-state index in [1.165, 1.54) is 25.0 Å². The number of aromatic amines is 2. The number of imidazole rings is 1. The second-order valence-corrected chi connectivity index (χ2v) is 12.4. The minimum absolute atomic E-state index is 0.123. The summed E-state index contributed by atoms with van der Waals surface area (Å²) in [6.45, 7) is 3.99. The minimum atomic E-state index is -2.64. The summed E-state index contributed by atoms with van der Waals surface area (Å²) in [5.41, 5.74) is 7.07. The average Bonchev–Trinajstić information content (AvgIpc) is 3.87. The second kappa shape index (κ2) is 12.1. The molecule has 9 nitrogen and oxygen atoms in total. The van der Waals surface area contributed by atoms with Crippen LogP contribution in [-0.2, 0) is 6.54 Å². The summed E-state index contributed by atoms with van der Waals surface area (Å²) in [7, 11) is 0. The normalized spacial score (nSPS) is 16.9. The zero-order valence-electron chi connectivity index (χ0n) is 25.6. The smallest absolute Gasteiger partial charge is 0.261 e. The lowest BCUT2D eigenvalue weighted by Gasteiger charge is -2.15. The van der Waals surface area contributed by atoms with Crippen molar-refractivity contribution < 1.29 is 17.9 Å². The molecular formula is C35H33F3N8O. The van der Waals surface area contributed by atoms with E-state index in [-0.39, 0.29) is 18.8 Å². The summed E-state index contributed by atoms with van der Waals surface area (Å²) in [6, 6.07) is 16.2. The molecule has 0 atom stereocenters. The highest BCUT2D eigenvalue weighted by Crippen LogP contribution is 2.34. The van der Waals surface area contributed by atoms with E-state index < -0.39 is 5.92 Å². The molecule has 0 bridgehead atoms. The molecule has 240 valence electrons. The molecule has 6 heterocycles. The lowest BCUT2D eigenvalue weighted by Crippen LogP contribution is -2.25. The Balaban J connectivity index is 1.08. The molecule has 8 rings (SSSR count). The number of hydrogen-bond acceptors (Lipinski definition) is 7. The van der Waals surface area contributed by atoms with Crippen molar-refractivity contribution >= 4 is 22.1 Å². The zero-order valence-corrected chi connectivity index (χ0v) is 25.6. The van der Waals surface area contributed by atoms with E-state index >= 15 is 0 Å². The van der Waals surface area contributed by atoms with E-state index in [9.17, 15) is 13.2 Å². The fraction of sp³-hybridized carbons (Fsp3) is 0.314. The van der Waals surface area contributed by atoms with Crippen molar-refractivity contribution in [1.29, 1.82) is 0 Å². The summed E-state index contributed by atoms with van der Waals surface area (Å²) in [5, 5.41) is 7.58. The number of pyridine rings is 2. The largest absolute Gasteiger partial charge is 0.492 e. The van der Waals surface area contributed by atoms with E-state index in [1.807, 2.05) is 42.5 Å². The van der Waals surface area contributed by atoms with Crippen LogP contribution in [0.15, 0.2) is 67.0 Å². The Morgan fingerprint density at radius 3 is 2.62 bits per heavy atom. The topological polar surface area (TPSA) is 98.8 Å². The van der Waals surface area contributed by atoms with Gasteiger partial charge in [-0.05, 0) is 73.5 Å². The summed E-state index contributed by atoms with van der Waals surface area (Å²) in [5.74, 6) is -2.02. The average molecular weight is 639 g/mol. The SMILES string of the molecule is Fc1cc(OCCN2CCCC2)cc(-c2cccc3[nH]c(-c4n[nH]c5ccc(-c6cncc(CN7CCC(F)(F)C7)c6)nc45)nc23)c1. The van der Waals surface area contributed by atoms with Crippen LogP contribution in [0.4, 0.5) is 13.2 Å². The third kappa shape index (κ3) is 6.18. The molecule has 2 aliphatic rings. The highest BCUT2D eigenvalue weighted by Gasteiger charge is 2.38. The predicted octanol–water partition coefficient (Wildman–Crippen LogP) is 6.68. The molecule has 6 aromatic rings. The zero-order chi connectivity index (χ0) is 32.0. The van der Waals surface area contributed by atoms with E-state index in [4.69, 9.17) is 14.7 Å². The van der Waals surface area contributed by atoms with Crippen molar-refractivity contribution in [2.24, 2.45) is 0 Å². The Bertz CT molecular complexity index is 2070.